The molecule has 0 fully saturated rings. The maximum atomic E-state index is 10.9. The lowest BCUT2D eigenvalue weighted by molar-refractivity contribution is 1.12. The SMILES string of the molecule is Clc1ncc2cc(Br)cc(Cl)c2n1.O=c1ncc2cc(Br)cc(Cl)c2[nH]1. The Balaban J connectivity index is 0.000000151. The van der Waals surface area contributed by atoms with Gasteiger partial charge in [-0.2, -0.15) is 0 Å². The Morgan fingerprint density at radius 3 is 2.19 bits per heavy atom. The Kier molecular flexibility index (Phi) is 6.14. The molecule has 0 radical (unpaired) electrons. The number of H-pyrrole nitrogens is 1. The Bertz CT molecular complexity index is 1180. The van der Waals surface area contributed by atoms with Crippen LogP contribution in [0.3, 0.4) is 0 Å². The highest BCUT2D eigenvalue weighted by Crippen LogP contribution is 2.27. The number of rotatable bonds is 0. The maximum absolute atomic E-state index is 10.9. The van der Waals surface area contributed by atoms with Crippen LogP contribution in [0.15, 0.2) is 50.4 Å². The molecule has 5 nitrogen and oxygen atoms in total. The lowest BCUT2D eigenvalue weighted by Crippen LogP contribution is -2.08. The van der Waals surface area contributed by atoms with Crippen molar-refractivity contribution in [3.05, 3.63) is 71.4 Å². The number of halogens is 5. The smallest absolute Gasteiger partial charge is 0.304 e. The summed E-state index contributed by atoms with van der Waals surface area (Å²) < 4.78 is 1.76. The summed E-state index contributed by atoms with van der Waals surface area (Å²) in [7, 11) is 0. The summed E-state index contributed by atoms with van der Waals surface area (Å²) in [6, 6.07) is 7.22. The van der Waals surface area contributed by atoms with Gasteiger partial charge in [0.1, 0.15) is 0 Å². The van der Waals surface area contributed by atoms with Crippen LogP contribution in [-0.4, -0.2) is 19.9 Å². The van der Waals surface area contributed by atoms with E-state index in [9.17, 15) is 4.79 Å². The molecule has 132 valence electrons. The van der Waals surface area contributed by atoms with E-state index in [0.717, 1.165) is 19.7 Å². The number of nitrogens with zero attached hydrogens (tertiary/aromatic N) is 3. The van der Waals surface area contributed by atoms with Crippen molar-refractivity contribution in [3.63, 3.8) is 0 Å². The maximum Gasteiger partial charge on any atom is 0.345 e. The molecule has 0 spiro atoms. The summed E-state index contributed by atoms with van der Waals surface area (Å²) in [5, 5.41) is 2.94. The van der Waals surface area contributed by atoms with E-state index in [1.165, 1.54) is 6.20 Å². The molecule has 0 bridgehead atoms. The summed E-state index contributed by atoms with van der Waals surface area (Å²) in [5.41, 5.74) is 0.895. The molecule has 0 aliphatic rings. The highest BCUT2D eigenvalue weighted by molar-refractivity contribution is 9.10. The van der Waals surface area contributed by atoms with Crippen LogP contribution in [0, 0.1) is 0 Å². The third kappa shape index (κ3) is 4.53. The van der Waals surface area contributed by atoms with Crippen molar-refractivity contribution in [1.82, 2.24) is 19.9 Å². The van der Waals surface area contributed by atoms with Crippen LogP contribution in [0.5, 0.6) is 0 Å². The highest BCUT2D eigenvalue weighted by atomic mass is 79.9. The number of hydrogen-bond acceptors (Lipinski definition) is 4. The normalized spacial score (nSPS) is 10.7. The molecule has 0 aliphatic carbocycles. The molecule has 1 N–H and O–H groups in total. The minimum Gasteiger partial charge on any atom is -0.304 e. The molecule has 26 heavy (non-hydrogen) atoms. The van der Waals surface area contributed by atoms with Gasteiger partial charge in [0.15, 0.2) is 0 Å². The van der Waals surface area contributed by atoms with Gasteiger partial charge in [-0.1, -0.05) is 55.1 Å². The second-order valence-electron chi connectivity index (χ2n) is 5.00. The van der Waals surface area contributed by atoms with Crippen molar-refractivity contribution >= 4 is 88.5 Å². The number of nitrogens with one attached hydrogen (secondary N) is 1. The van der Waals surface area contributed by atoms with E-state index in [-0.39, 0.29) is 5.28 Å². The minimum atomic E-state index is -0.392. The standard InChI is InChI=1S/C8H3BrCl2N2.C8H4BrClN2O/c9-5-1-4-3-12-8(11)13-7(4)6(10)2-5;9-5-1-4-3-11-8(13)12-7(4)6(10)2-5/h1-3H;1-3H,(H,11,12,13). The first-order valence-corrected chi connectivity index (χ1v) is 9.67. The van der Waals surface area contributed by atoms with E-state index in [0.29, 0.717) is 21.1 Å². The van der Waals surface area contributed by atoms with Gasteiger partial charge in [-0.15, -0.1) is 0 Å². The fraction of sp³-hybridized carbons (Fsp3) is 0. The van der Waals surface area contributed by atoms with Gasteiger partial charge in [0.05, 0.1) is 21.1 Å². The predicted octanol–water partition coefficient (Wildman–Crippen LogP) is 6.04. The van der Waals surface area contributed by atoms with Crippen molar-refractivity contribution < 1.29 is 0 Å². The van der Waals surface area contributed by atoms with E-state index in [4.69, 9.17) is 34.8 Å². The topological polar surface area (TPSA) is 71.5 Å². The average Bonchev–Trinajstić information content (AvgIpc) is 2.57. The van der Waals surface area contributed by atoms with E-state index in [1.807, 2.05) is 12.1 Å². The van der Waals surface area contributed by atoms with Crippen molar-refractivity contribution in [1.29, 1.82) is 0 Å². The van der Waals surface area contributed by atoms with Crippen molar-refractivity contribution in [2.45, 2.75) is 0 Å². The average molecular weight is 537 g/mol. The van der Waals surface area contributed by atoms with Gasteiger partial charge in [0.2, 0.25) is 5.28 Å². The zero-order valence-electron chi connectivity index (χ0n) is 12.6. The number of aromatic amines is 1. The second-order valence-corrected chi connectivity index (χ2v) is 7.99. The van der Waals surface area contributed by atoms with Crippen molar-refractivity contribution in [2.24, 2.45) is 0 Å². The van der Waals surface area contributed by atoms with Gasteiger partial charge in [0.25, 0.3) is 0 Å². The molecule has 2 aromatic carbocycles. The lowest BCUT2D eigenvalue weighted by Gasteiger charge is -2.00. The van der Waals surface area contributed by atoms with Crippen molar-refractivity contribution in [3.8, 4) is 0 Å². The molecule has 2 aromatic heterocycles. The first-order chi connectivity index (χ1) is 12.3. The van der Waals surface area contributed by atoms with Crippen LogP contribution in [0.4, 0.5) is 0 Å². The summed E-state index contributed by atoms with van der Waals surface area (Å²) in [4.78, 5) is 24.9. The number of benzene rings is 2. The number of hydrogen-bond donors (Lipinski definition) is 1. The molecule has 0 unspecified atom stereocenters. The van der Waals surface area contributed by atoms with Gasteiger partial charge in [-0.25, -0.2) is 19.7 Å². The number of aromatic nitrogens is 4. The first-order valence-electron chi connectivity index (χ1n) is 6.95. The van der Waals surface area contributed by atoms with Gasteiger partial charge < -0.3 is 4.98 Å². The Labute approximate surface area is 179 Å². The molecule has 0 aliphatic heterocycles. The summed E-state index contributed by atoms with van der Waals surface area (Å²) in [6.45, 7) is 0. The molecule has 2 heterocycles. The molecular formula is C16H7Br2Cl3N4O. The quantitative estimate of drug-likeness (QED) is 0.278. The third-order valence-corrected chi connectivity index (χ3v) is 4.89. The fourth-order valence-electron chi connectivity index (χ4n) is 2.14. The van der Waals surface area contributed by atoms with E-state index in [2.05, 4.69) is 51.8 Å². The summed E-state index contributed by atoms with van der Waals surface area (Å²) in [5.74, 6) is 0. The highest BCUT2D eigenvalue weighted by Gasteiger charge is 2.04. The van der Waals surface area contributed by atoms with E-state index >= 15 is 0 Å². The summed E-state index contributed by atoms with van der Waals surface area (Å²) in [6.07, 6.45) is 3.13. The Morgan fingerprint density at radius 2 is 1.46 bits per heavy atom. The molecular weight excluding hydrogens is 530 g/mol. The van der Waals surface area contributed by atoms with Crippen LogP contribution in [0.2, 0.25) is 15.3 Å². The van der Waals surface area contributed by atoms with E-state index < -0.39 is 5.69 Å². The van der Waals surface area contributed by atoms with Crippen molar-refractivity contribution in [2.75, 3.05) is 0 Å². The first kappa shape index (κ1) is 19.5. The molecule has 0 saturated heterocycles. The van der Waals surface area contributed by atoms with Gasteiger partial charge in [-0.05, 0) is 35.9 Å². The van der Waals surface area contributed by atoms with Crippen LogP contribution >= 0.6 is 66.7 Å². The lowest BCUT2D eigenvalue weighted by atomic mass is 10.2. The number of fused-ring (bicyclic) bond motifs is 2. The summed E-state index contributed by atoms with van der Waals surface area (Å²) >= 11 is 24.1. The fourth-order valence-corrected chi connectivity index (χ4v) is 4.03. The monoisotopic (exact) mass is 534 g/mol. The second kappa shape index (κ2) is 8.19. The molecule has 10 heteroatoms. The van der Waals surface area contributed by atoms with Crippen LogP contribution in [0.25, 0.3) is 21.8 Å². The molecule has 0 atom stereocenters. The van der Waals surface area contributed by atoms with E-state index in [1.54, 1.807) is 18.3 Å². The predicted molar refractivity (Wildman–Crippen MR) is 112 cm³/mol. The van der Waals surface area contributed by atoms with Crippen LogP contribution in [0.1, 0.15) is 0 Å². The minimum absolute atomic E-state index is 0.205. The Morgan fingerprint density at radius 1 is 0.846 bits per heavy atom. The van der Waals surface area contributed by atoms with Crippen LogP contribution < -0.4 is 5.69 Å². The van der Waals surface area contributed by atoms with Crippen LogP contribution in [-0.2, 0) is 0 Å². The molecule has 0 saturated carbocycles. The largest absolute Gasteiger partial charge is 0.345 e. The third-order valence-electron chi connectivity index (χ3n) is 3.21. The Hall–Kier alpha value is -1.25. The molecule has 4 rings (SSSR count). The van der Waals surface area contributed by atoms with Gasteiger partial charge in [-0.3, -0.25) is 0 Å². The van der Waals surface area contributed by atoms with Gasteiger partial charge in [0, 0.05) is 32.1 Å². The van der Waals surface area contributed by atoms with Gasteiger partial charge >= 0.3 is 5.69 Å². The molecule has 4 aromatic rings. The molecule has 0 amide bonds. The zero-order valence-corrected chi connectivity index (χ0v) is 18.0. The zero-order chi connectivity index (χ0) is 18.8.